The molecule has 2 aromatic rings. The third-order valence-electron chi connectivity index (χ3n) is 3.36. The Morgan fingerprint density at radius 1 is 1.56 bits per heavy atom. The van der Waals surface area contributed by atoms with Gasteiger partial charge in [0.05, 0.1) is 0 Å². The highest BCUT2D eigenvalue weighted by molar-refractivity contribution is 5.79. The van der Waals surface area contributed by atoms with Crippen LogP contribution in [0.15, 0.2) is 24.5 Å². The molecular weight excluding hydrogens is 198 g/mol. The van der Waals surface area contributed by atoms with Crippen LogP contribution in [-0.4, -0.2) is 16.5 Å². The number of aromatic nitrogens is 2. The maximum absolute atomic E-state index is 4.31. The number of nitrogens with zero attached hydrogens (tertiary/aromatic N) is 1. The SMILES string of the molecule is CC(NCC1CC1)c1c[nH]c2ncccc12. The molecule has 16 heavy (non-hydrogen) atoms. The third-order valence-corrected chi connectivity index (χ3v) is 3.36. The average molecular weight is 215 g/mol. The van der Waals surface area contributed by atoms with Crippen LogP contribution in [0.5, 0.6) is 0 Å². The number of H-pyrrole nitrogens is 1. The van der Waals surface area contributed by atoms with E-state index in [2.05, 4.69) is 34.5 Å². The van der Waals surface area contributed by atoms with E-state index in [0.717, 1.165) is 18.1 Å². The van der Waals surface area contributed by atoms with Gasteiger partial charge in [-0.3, -0.25) is 0 Å². The fourth-order valence-corrected chi connectivity index (χ4v) is 2.11. The Bertz CT molecular complexity index is 485. The molecule has 0 aromatic carbocycles. The van der Waals surface area contributed by atoms with E-state index in [1.807, 2.05) is 12.3 Å². The summed E-state index contributed by atoms with van der Waals surface area (Å²) in [6, 6.07) is 4.52. The van der Waals surface area contributed by atoms with Crippen LogP contribution in [0.25, 0.3) is 11.0 Å². The Morgan fingerprint density at radius 2 is 2.44 bits per heavy atom. The van der Waals surface area contributed by atoms with Gasteiger partial charge in [0.1, 0.15) is 5.65 Å². The quantitative estimate of drug-likeness (QED) is 0.823. The van der Waals surface area contributed by atoms with E-state index in [9.17, 15) is 0 Å². The Balaban J connectivity index is 1.80. The molecule has 1 fully saturated rings. The number of aromatic amines is 1. The second kappa shape index (κ2) is 3.91. The van der Waals surface area contributed by atoms with Crippen LogP contribution in [0.4, 0.5) is 0 Å². The lowest BCUT2D eigenvalue weighted by Crippen LogP contribution is -2.20. The summed E-state index contributed by atoms with van der Waals surface area (Å²) in [5.74, 6) is 0.922. The van der Waals surface area contributed by atoms with Gasteiger partial charge < -0.3 is 10.3 Å². The van der Waals surface area contributed by atoms with Crippen LogP contribution in [-0.2, 0) is 0 Å². The maximum atomic E-state index is 4.31. The van der Waals surface area contributed by atoms with Crippen LogP contribution in [0.1, 0.15) is 31.4 Å². The molecule has 84 valence electrons. The smallest absolute Gasteiger partial charge is 0.137 e. The standard InChI is InChI=1S/C13H17N3/c1-9(15-7-10-4-5-10)12-8-16-13-11(12)3-2-6-14-13/h2-3,6,8-10,15H,4-5,7H2,1H3,(H,14,16). The fraction of sp³-hybridized carbons (Fsp3) is 0.462. The van der Waals surface area contributed by atoms with Crippen molar-refractivity contribution in [3.63, 3.8) is 0 Å². The van der Waals surface area contributed by atoms with Crippen molar-refractivity contribution in [1.82, 2.24) is 15.3 Å². The fourth-order valence-electron chi connectivity index (χ4n) is 2.11. The van der Waals surface area contributed by atoms with Gasteiger partial charge in [-0.15, -0.1) is 0 Å². The van der Waals surface area contributed by atoms with Gasteiger partial charge in [0.2, 0.25) is 0 Å². The molecule has 2 aromatic heterocycles. The Labute approximate surface area is 95.3 Å². The first-order valence-electron chi connectivity index (χ1n) is 6.00. The molecule has 3 rings (SSSR count). The highest BCUT2D eigenvalue weighted by atomic mass is 14.9. The molecule has 1 aliphatic rings. The van der Waals surface area contributed by atoms with E-state index in [1.54, 1.807) is 0 Å². The van der Waals surface area contributed by atoms with E-state index in [4.69, 9.17) is 0 Å². The zero-order valence-electron chi connectivity index (χ0n) is 9.53. The summed E-state index contributed by atoms with van der Waals surface area (Å²) in [5, 5.41) is 4.83. The lowest BCUT2D eigenvalue weighted by atomic mass is 10.1. The predicted octanol–water partition coefficient (Wildman–Crippen LogP) is 2.62. The lowest BCUT2D eigenvalue weighted by Gasteiger charge is -2.12. The van der Waals surface area contributed by atoms with Gasteiger partial charge in [0.25, 0.3) is 0 Å². The van der Waals surface area contributed by atoms with Crippen LogP contribution < -0.4 is 5.32 Å². The van der Waals surface area contributed by atoms with Crippen molar-refractivity contribution in [1.29, 1.82) is 0 Å². The van der Waals surface area contributed by atoms with Gasteiger partial charge in [-0.25, -0.2) is 4.98 Å². The monoisotopic (exact) mass is 215 g/mol. The van der Waals surface area contributed by atoms with Gasteiger partial charge in [-0.1, -0.05) is 0 Å². The molecule has 3 heteroatoms. The molecule has 1 atom stereocenters. The third kappa shape index (κ3) is 1.83. The molecule has 2 N–H and O–H groups in total. The largest absolute Gasteiger partial charge is 0.346 e. The van der Waals surface area contributed by atoms with Crippen LogP contribution >= 0.6 is 0 Å². The molecule has 1 aliphatic carbocycles. The lowest BCUT2D eigenvalue weighted by molar-refractivity contribution is 0.551. The molecule has 0 bridgehead atoms. The van der Waals surface area contributed by atoms with Crippen LogP contribution in [0.3, 0.4) is 0 Å². The predicted molar refractivity (Wildman–Crippen MR) is 65.2 cm³/mol. The van der Waals surface area contributed by atoms with Crippen molar-refractivity contribution >= 4 is 11.0 Å². The summed E-state index contributed by atoms with van der Waals surface area (Å²) >= 11 is 0. The van der Waals surface area contributed by atoms with E-state index in [-0.39, 0.29) is 0 Å². The summed E-state index contributed by atoms with van der Waals surface area (Å²) < 4.78 is 0. The number of pyridine rings is 1. The first kappa shape index (κ1) is 9.85. The summed E-state index contributed by atoms with van der Waals surface area (Å²) in [7, 11) is 0. The highest BCUT2D eigenvalue weighted by Crippen LogP contribution is 2.29. The number of fused-ring (bicyclic) bond motifs is 1. The summed E-state index contributed by atoms with van der Waals surface area (Å²) in [6.45, 7) is 3.37. The number of nitrogens with one attached hydrogen (secondary N) is 2. The van der Waals surface area contributed by atoms with Crippen molar-refractivity contribution < 1.29 is 0 Å². The Kier molecular flexibility index (Phi) is 2.40. The van der Waals surface area contributed by atoms with Gasteiger partial charge in [0.15, 0.2) is 0 Å². The van der Waals surface area contributed by atoms with Gasteiger partial charge in [-0.05, 0) is 49.9 Å². The van der Waals surface area contributed by atoms with Crippen molar-refractivity contribution in [2.75, 3.05) is 6.54 Å². The van der Waals surface area contributed by atoms with Crippen molar-refractivity contribution in [2.45, 2.75) is 25.8 Å². The van der Waals surface area contributed by atoms with E-state index < -0.39 is 0 Å². The second-order valence-corrected chi connectivity index (χ2v) is 4.72. The molecule has 2 heterocycles. The molecule has 0 radical (unpaired) electrons. The molecule has 0 amide bonds. The first-order valence-corrected chi connectivity index (χ1v) is 6.00. The van der Waals surface area contributed by atoms with E-state index >= 15 is 0 Å². The van der Waals surface area contributed by atoms with Gasteiger partial charge >= 0.3 is 0 Å². The molecule has 0 spiro atoms. The molecule has 0 aliphatic heterocycles. The Morgan fingerprint density at radius 3 is 3.25 bits per heavy atom. The minimum Gasteiger partial charge on any atom is -0.346 e. The zero-order valence-corrected chi connectivity index (χ0v) is 9.53. The summed E-state index contributed by atoms with van der Waals surface area (Å²) in [4.78, 5) is 7.53. The number of rotatable bonds is 4. The summed E-state index contributed by atoms with van der Waals surface area (Å²) in [5.41, 5.74) is 2.31. The minimum absolute atomic E-state index is 0.401. The summed E-state index contributed by atoms with van der Waals surface area (Å²) in [6.07, 6.45) is 6.69. The van der Waals surface area contributed by atoms with E-state index in [0.29, 0.717) is 6.04 Å². The van der Waals surface area contributed by atoms with Crippen LogP contribution in [0.2, 0.25) is 0 Å². The Hall–Kier alpha value is -1.35. The van der Waals surface area contributed by atoms with Crippen molar-refractivity contribution in [3.05, 3.63) is 30.1 Å². The highest BCUT2D eigenvalue weighted by Gasteiger charge is 2.22. The molecule has 1 saturated carbocycles. The van der Waals surface area contributed by atoms with Crippen molar-refractivity contribution in [3.8, 4) is 0 Å². The molecular formula is C13H17N3. The van der Waals surface area contributed by atoms with Crippen LogP contribution in [0, 0.1) is 5.92 Å². The average Bonchev–Trinajstić information content (AvgIpc) is 3.04. The number of hydrogen-bond acceptors (Lipinski definition) is 2. The van der Waals surface area contributed by atoms with Crippen molar-refractivity contribution in [2.24, 2.45) is 5.92 Å². The normalized spacial score (nSPS) is 17.8. The molecule has 0 saturated heterocycles. The molecule has 3 nitrogen and oxygen atoms in total. The minimum atomic E-state index is 0.401. The second-order valence-electron chi connectivity index (χ2n) is 4.72. The maximum Gasteiger partial charge on any atom is 0.137 e. The zero-order chi connectivity index (χ0) is 11.0. The van der Waals surface area contributed by atoms with E-state index in [1.165, 1.54) is 23.8 Å². The first-order chi connectivity index (χ1) is 7.84. The molecule has 1 unspecified atom stereocenters. The topological polar surface area (TPSA) is 40.7 Å². The van der Waals surface area contributed by atoms with Gasteiger partial charge in [-0.2, -0.15) is 0 Å². The number of hydrogen-bond donors (Lipinski definition) is 2. The van der Waals surface area contributed by atoms with Gasteiger partial charge in [0, 0.05) is 23.8 Å².